The fourth-order valence-corrected chi connectivity index (χ4v) is 1.27. The van der Waals surface area contributed by atoms with Crippen LogP contribution in [0.3, 0.4) is 0 Å². The van der Waals surface area contributed by atoms with Crippen molar-refractivity contribution in [1.29, 1.82) is 0 Å². The predicted molar refractivity (Wildman–Crippen MR) is 55.5 cm³/mol. The smallest absolute Gasteiger partial charge is 0.115 e. The molecule has 1 aliphatic heterocycles. The van der Waals surface area contributed by atoms with Crippen LogP contribution >= 0.6 is 0 Å². The maximum absolute atomic E-state index is 10.4. The standard InChI is InChI=1S/C10H9N3O/c1-7-2-3-8(6-10(7)13-14)9-4-5-11-12-9/h2-6,11-12H,1H2. The molecule has 2 rings (SSSR count). The first-order valence-corrected chi connectivity index (χ1v) is 4.16. The molecule has 1 aromatic rings. The number of nitrogens with one attached hydrogen (secondary N) is 2. The highest BCUT2D eigenvalue weighted by atomic mass is 16.3. The number of hydrazine groups is 1. The van der Waals surface area contributed by atoms with Gasteiger partial charge in [0.05, 0.1) is 5.70 Å². The van der Waals surface area contributed by atoms with Gasteiger partial charge < -0.3 is 10.9 Å². The number of benzene rings is 1. The molecule has 0 saturated heterocycles. The van der Waals surface area contributed by atoms with Gasteiger partial charge in [0.25, 0.3) is 0 Å². The molecule has 0 fully saturated rings. The lowest BCUT2D eigenvalue weighted by atomic mass is 10.2. The summed E-state index contributed by atoms with van der Waals surface area (Å²) in [5, 5.41) is 4.45. The first-order chi connectivity index (χ1) is 6.81. The van der Waals surface area contributed by atoms with Crippen molar-refractivity contribution in [3.63, 3.8) is 0 Å². The van der Waals surface area contributed by atoms with Gasteiger partial charge >= 0.3 is 0 Å². The van der Waals surface area contributed by atoms with Crippen LogP contribution < -0.4 is 21.3 Å². The van der Waals surface area contributed by atoms with Gasteiger partial charge in [-0.2, -0.15) is 0 Å². The van der Waals surface area contributed by atoms with Crippen LogP contribution in [0.15, 0.2) is 35.7 Å². The molecule has 1 aromatic carbocycles. The monoisotopic (exact) mass is 187 g/mol. The molecule has 0 spiro atoms. The number of nitroso groups, excluding NO2 is 1. The summed E-state index contributed by atoms with van der Waals surface area (Å²) in [5.74, 6) is 0. The van der Waals surface area contributed by atoms with Gasteiger partial charge in [0.2, 0.25) is 0 Å². The van der Waals surface area contributed by atoms with Gasteiger partial charge in [0, 0.05) is 11.4 Å². The number of rotatable bonds is 1. The Bertz CT molecular complexity index is 505. The molecule has 0 atom stereocenters. The lowest BCUT2D eigenvalue weighted by Gasteiger charge is -1.98. The molecular formula is C10H9N3O. The molecule has 0 saturated carbocycles. The summed E-state index contributed by atoms with van der Waals surface area (Å²) in [4.78, 5) is 10.4. The Labute approximate surface area is 80.6 Å². The maximum Gasteiger partial charge on any atom is 0.115 e. The zero-order valence-corrected chi connectivity index (χ0v) is 7.45. The second kappa shape index (κ2) is 3.33. The van der Waals surface area contributed by atoms with Crippen LogP contribution in [0.5, 0.6) is 0 Å². The highest BCUT2D eigenvalue weighted by Gasteiger charge is 1.99. The molecule has 0 aromatic heterocycles. The van der Waals surface area contributed by atoms with Gasteiger partial charge in [0.15, 0.2) is 0 Å². The largest absolute Gasteiger partial charge is 0.308 e. The lowest BCUT2D eigenvalue weighted by Crippen LogP contribution is -2.23. The van der Waals surface area contributed by atoms with Gasteiger partial charge in [-0.05, 0) is 22.5 Å². The molecule has 0 aliphatic carbocycles. The molecule has 1 aliphatic rings. The minimum atomic E-state index is 0.372. The van der Waals surface area contributed by atoms with Crippen molar-refractivity contribution >= 4 is 18.0 Å². The van der Waals surface area contributed by atoms with Crippen LogP contribution in [0.4, 0.5) is 5.69 Å². The Morgan fingerprint density at radius 3 is 2.86 bits per heavy atom. The van der Waals surface area contributed by atoms with Crippen LogP contribution in [0, 0.1) is 4.91 Å². The Hall–Kier alpha value is -2.10. The third-order valence-corrected chi connectivity index (χ3v) is 2.03. The zero-order valence-electron chi connectivity index (χ0n) is 7.45. The molecular weight excluding hydrogens is 178 g/mol. The molecule has 0 bridgehead atoms. The van der Waals surface area contributed by atoms with E-state index in [-0.39, 0.29) is 0 Å². The molecule has 0 unspecified atom stereocenters. The van der Waals surface area contributed by atoms with Crippen LogP contribution in [0.25, 0.3) is 12.3 Å². The van der Waals surface area contributed by atoms with E-state index in [0.29, 0.717) is 10.9 Å². The highest BCUT2D eigenvalue weighted by molar-refractivity contribution is 5.58. The molecule has 70 valence electrons. The van der Waals surface area contributed by atoms with Gasteiger partial charge in [0.1, 0.15) is 5.69 Å². The summed E-state index contributed by atoms with van der Waals surface area (Å²) < 4.78 is 0. The summed E-state index contributed by atoms with van der Waals surface area (Å²) in [6, 6.07) is 5.36. The van der Waals surface area contributed by atoms with Crippen molar-refractivity contribution in [2.75, 3.05) is 0 Å². The average molecular weight is 187 g/mol. The Balaban J connectivity index is 2.66. The topological polar surface area (TPSA) is 53.5 Å². The van der Waals surface area contributed by atoms with E-state index < -0.39 is 0 Å². The highest BCUT2D eigenvalue weighted by Crippen LogP contribution is 2.00. The SMILES string of the molecule is C=c1ccc(=C2C=CNN2)cc1N=O. The van der Waals surface area contributed by atoms with E-state index in [1.165, 1.54) is 0 Å². The Kier molecular flexibility index (Phi) is 2.02. The molecule has 0 radical (unpaired) electrons. The third-order valence-electron chi connectivity index (χ3n) is 2.03. The summed E-state index contributed by atoms with van der Waals surface area (Å²) >= 11 is 0. The molecule has 2 N–H and O–H groups in total. The van der Waals surface area contributed by atoms with Crippen molar-refractivity contribution in [2.45, 2.75) is 0 Å². The van der Waals surface area contributed by atoms with Crippen molar-refractivity contribution in [3.8, 4) is 0 Å². The minimum absolute atomic E-state index is 0.372. The summed E-state index contributed by atoms with van der Waals surface area (Å²) in [6.07, 6.45) is 3.66. The second-order valence-corrected chi connectivity index (χ2v) is 2.95. The summed E-state index contributed by atoms with van der Waals surface area (Å²) in [5.41, 5.74) is 7.05. The van der Waals surface area contributed by atoms with E-state index in [2.05, 4.69) is 22.6 Å². The van der Waals surface area contributed by atoms with E-state index in [1.54, 1.807) is 18.3 Å². The van der Waals surface area contributed by atoms with Crippen molar-refractivity contribution < 1.29 is 0 Å². The van der Waals surface area contributed by atoms with E-state index in [1.807, 2.05) is 12.1 Å². The van der Waals surface area contributed by atoms with Gasteiger partial charge in [-0.25, -0.2) is 0 Å². The van der Waals surface area contributed by atoms with Crippen molar-refractivity contribution in [2.24, 2.45) is 5.18 Å². The third kappa shape index (κ3) is 1.37. The van der Waals surface area contributed by atoms with Crippen LogP contribution in [-0.4, -0.2) is 0 Å². The first-order valence-electron chi connectivity index (χ1n) is 4.16. The Morgan fingerprint density at radius 1 is 1.36 bits per heavy atom. The second-order valence-electron chi connectivity index (χ2n) is 2.95. The quantitative estimate of drug-likeness (QED) is 0.618. The fraction of sp³-hybridized carbons (Fsp3) is 0. The minimum Gasteiger partial charge on any atom is -0.308 e. The maximum atomic E-state index is 10.4. The van der Waals surface area contributed by atoms with Gasteiger partial charge in [-0.15, -0.1) is 4.91 Å². The molecule has 4 nitrogen and oxygen atoms in total. The molecule has 14 heavy (non-hydrogen) atoms. The first kappa shape index (κ1) is 8.50. The van der Waals surface area contributed by atoms with Crippen LogP contribution in [-0.2, 0) is 0 Å². The van der Waals surface area contributed by atoms with E-state index in [9.17, 15) is 4.91 Å². The normalized spacial score (nSPS) is 17.4. The number of nitrogens with zero attached hydrogens (tertiary/aromatic N) is 1. The van der Waals surface area contributed by atoms with Crippen molar-refractivity contribution in [3.05, 3.63) is 45.8 Å². The van der Waals surface area contributed by atoms with E-state index >= 15 is 0 Å². The average Bonchev–Trinajstić information content (AvgIpc) is 2.71. The number of hydrogen-bond donors (Lipinski definition) is 2. The van der Waals surface area contributed by atoms with Gasteiger partial charge in [-0.1, -0.05) is 18.7 Å². The van der Waals surface area contributed by atoms with Gasteiger partial charge in [-0.3, -0.25) is 0 Å². The van der Waals surface area contributed by atoms with Crippen molar-refractivity contribution in [1.82, 2.24) is 10.9 Å². The molecule has 0 amide bonds. The predicted octanol–water partition coefficient (Wildman–Crippen LogP) is 0.225. The van der Waals surface area contributed by atoms with Crippen LogP contribution in [0.2, 0.25) is 0 Å². The van der Waals surface area contributed by atoms with E-state index in [4.69, 9.17) is 0 Å². The molecule has 1 heterocycles. The van der Waals surface area contributed by atoms with E-state index in [0.717, 1.165) is 10.9 Å². The summed E-state index contributed by atoms with van der Waals surface area (Å²) in [7, 11) is 0. The Morgan fingerprint density at radius 2 is 2.21 bits per heavy atom. The fourth-order valence-electron chi connectivity index (χ4n) is 1.27. The zero-order chi connectivity index (χ0) is 9.97. The van der Waals surface area contributed by atoms with Crippen LogP contribution in [0.1, 0.15) is 0 Å². The molecule has 4 heteroatoms. The lowest BCUT2D eigenvalue weighted by molar-refractivity contribution is 0.829. The number of hydrogen-bond acceptors (Lipinski definition) is 4. The summed E-state index contributed by atoms with van der Waals surface area (Å²) in [6.45, 7) is 3.70.